The summed E-state index contributed by atoms with van der Waals surface area (Å²) >= 11 is 0. The number of aliphatic hydroxyl groups is 1. The fourth-order valence-electron chi connectivity index (χ4n) is 4.43. The number of nitrogens with zero attached hydrogens (tertiary/aromatic N) is 2. The highest BCUT2D eigenvalue weighted by atomic mass is 16.3. The molecule has 0 bridgehead atoms. The average Bonchev–Trinajstić information content (AvgIpc) is 3.40. The van der Waals surface area contributed by atoms with Crippen LogP contribution in [-0.2, 0) is 13.0 Å². The lowest BCUT2D eigenvalue weighted by Gasteiger charge is -2.24. The summed E-state index contributed by atoms with van der Waals surface area (Å²) in [5.74, 6) is 0.658. The lowest BCUT2D eigenvalue weighted by molar-refractivity contribution is 0.0787. The molecule has 1 amide bonds. The third kappa shape index (κ3) is 4.01. The summed E-state index contributed by atoms with van der Waals surface area (Å²) < 4.78 is 0. The van der Waals surface area contributed by atoms with Crippen LogP contribution in [0.2, 0.25) is 0 Å². The smallest absolute Gasteiger partial charge is 0.255 e. The van der Waals surface area contributed by atoms with Crippen molar-refractivity contribution < 1.29 is 9.90 Å². The minimum atomic E-state index is 0.0798. The van der Waals surface area contributed by atoms with Gasteiger partial charge < -0.3 is 14.9 Å². The SMILES string of the molecule is O=C(c1ccccc1N1CCCC1)N1CCC(Cc2cccc(CO)c2)C1. The van der Waals surface area contributed by atoms with Gasteiger partial charge in [-0.2, -0.15) is 0 Å². The third-order valence-electron chi connectivity index (χ3n) is 5.85. The first kappa shape index (κ1) is 18.1. The number of benzene rings is 2. The predicted octanol–water partition coefficient (Wildman–Crippen LogP) is 3.48. The van der Waals surface area contributed by atoms with E-state index in [1.165, 1.54) is 18.4 Å². The molecule has 0 aromatic heterocycles. The summed E-state index contributed by atoms with van der Waals surface area (Å²) in [5.41, 5.74) is 4.15. The molecule has 0 spiro atoms. The molecule has 4 nitrogen and oxygen atoms in total. The number of aliphatic hydroxyl groups excluding tert-OH is 1. The molecule has 27 heavy (non-hydrogen) atoms. The van der Waals surface area contributed by atoms with Gasteiger partial charge in [0.25, 0.3) is 5.91 Å². The fraction of sp³-hybridized carbons (Fsp3) is 0.435. The molecule has 2 aliphatic rings. The summed E-state index contributed by atoms with van der Waals surface area (Å²) in [5, 5.41) is 9.32. The fourth-order valence-corrected chi connectivity index (χ4v) is 4.43. The minimum Gasteiger partial charge on any atom is -0.392 e. The molecular formula is C23H28N2O2. The number of hydrogen-bond acceptors (Lipinski definition) is 3. The second kappa shape index (κ2) is 8.13. The normalized spacial score (nSPS) is 19.7. The van der Waals surface area contributed by atoms with E-state index in [4.69, 9.17) is 0 Å². The number of para-hydroxylation sites is 1. The highest BCUT2D eigenvalue weighted by Crippen LogP contribution is 2.28. The second-order valence-corrected chi connectivity index (χ2v) is 7.80. The summed E-state index contributed by atoms with van der Waals surface area (Å²) in [6.07, 6.45) is 4.43. The Bertz CT molecular complexity index is 798. The first-order chi connectivity index (χ1) is 13.2. The molecule has 2 saturated heterocycles. The molecule has 2 aliphatic heterocycles. The van der Waals surface area contributed by atoms with Gasteiger partial charge in [-0.3, -0.25) is 4.79 Å². The number of likely N-dealkylation sites (tertiary alicyclic amines) is 1. The van der Waals surface area contributed by atoms with E-state index in [1.54, 1.807) is 0 Å². The molecule has 0 aliphatic carbocycles. The lowest BCUT2D eigenvalue weighted by atomic mass is 9.97. The van der Waals surface area contributed by atoms with E-state index in [2.05, 4.69) is 23.1 Å². The third-order valence-corrected chi connectivity index (χ3v) is 5.85. The van der Waals surface area contributed by atoms with Crippen LogP contribution < -0.4 is 4.90 Å². The van der Waals surface area contributed by atoms with Crippen molar-refractivity contribution in [1.29, 1.82) is 0 Å². The molecule has 142 valence electrons. The Morgan fingerprint density at radius 2 is 1.78 bits per heavy atom. The average molecular weight is 364 g/mol. The van der Waals surface area contributed by atoms with Crippen molar-refractivity contribution in [3.8, 4) is 0 Å². The summed E-state index contributed by atoms with van der Waals surface area (Å²) in [4.78, 5) is 17.6. The van der Waals surface area contributed by atoms with Crippen molar-refractivity contribution in [2.24, 2.45) is 5.92 Å². The van der Waals surface area contributed by atoms with Crippen LogP contribution in [0.1, 0.15) is 40.7 Å². The van der Waals surface area contributed by atoms with Crippen molar-refractivity contribution in [3.05, 3.63) is 65.2 Å². The van der Waals surface area contributed by atoms with Gasteiger partial charge in [-0.05, 0) is 54.9 Å². The van der Waals surface area contributed by atoms with Gasteiger partial charge in [0.2, 0.25) is 0 Å². The molecule has 4 rings (SSSR count). The number of rotatable bonds is 5. The Hall–Kier alpha value is -2.33. The Morgan fingerprint density at radius 1 is 1.00 bits per heavy atom. The molecule has 2 aromatic rings. The van der Waals surface area contributed by atoms with Crippen LogP contribution in [0.4, 0.5) is 5.69 Å². The number of carbonyl (C=O) groups excluding carboxylic acids is 1. The zero-order valence-electron chi connectivity index (χ0n) is 15.8. The highest BCUT2D eigenvalue weighted by Gasteiger charge is 2.29. The number of amides is 1. The summed E-state index contributed by atoms with van der Waals surface area (Å²) in [6, 6.07) is 16.2. The van der Waals surface area contributed by atoms with Gasteiger partial charge in [-0.25, -0.2) is 0 Å². The van der Waals surface area contributed by atoms with Crippen LogP contribution >= 0.6 is 0 Å². The van der Waals surface area contributed by atoms with Gasteiger partial charge in [0.1, 0.15) is 0 Å². The van der Waals surface area contributed by atoms with Gasteiger partial charge in [0, 0.05) is 31.9 Å². The van der Waals surface area contributed by atoms with Gasteiger partial charge in [-0.15, -0.1) is 0 Å². The molecule has 0 saturated carbocycles. The number of anilines is 1. The number of hydrogen-bond donors (Lipinski definition) is 1. The van der Waals surface area contributed by atoms with Crippen molar-refractivity contribution in [3.63, 3.8) is 0 Å². The van der Waals surface area contributed by atoms with Crippen molar-refractivity contribution in [2.45, 2.75) is 32.3 Å². The monoisotopic (exact) mass is 364 g/mol. The van der Waals surface area contributed by atoms with E-state index < -0.39 is 0 Å². The molecule has 1 atom stereocenters. The molecule has 4 heteroatoms. The molecular weight excluding hydrogens is 336 g/mol. The van der Waals surface area contributed by atoms with E-state index in [0.29, 0.717) is 5.92 Å². The first-order valence-corrected chi connectivity index (χ1v) is 10.1. The molecule has 2 fully saturated rings. The van der Waals surface area contributed by atoms with Crippen molar-refractivity contribution in [2.75, 3.05) is 31.1 Å². The molecule has 0 radical (unpaired) electrons. The quantitative estimate of drug-likeness (QED) is 0.883. The largest absolute Gasteiger partial charge is 0.392 e. The molecule has 1 unspecified atom stereocenters. The van der Waals surface area contributed by atoms with E-state index in [1.807, 2.05) is 35.2 Å². The Morgan fingerprint density at radius 3 is 2.59 bits per heavy atom. The van der Waals surface area contributed by atoms with E-state index in [-0.39, 0.29) is 12.5 Å². The maximum absolute atomic E-state index is 13.2. The standard InChI is InChI=1S/C23H28N2O2/c26-17-20-7-5-6-18(15-20)14-19-10-13-25(16-19)23(27)21-8-1-2-9-22(21)24-11-3-4-12-24/h1-2,5-9,15,19,26H,3-4,10-14,16-17H2. The van der Waals surface area contributed by atoms with Gasteiger partial charge >= 0.3 is 0 Å². The van der Waals surface area contributed by atoms with Gasteiger partial charge in [-0.1, -0.05) is 36.4 Å². The minimum absolute atomic E-state index is 0.0798. The van der Waals surface area contributed by atoms with Crippen LogP contribution in [0.5, 0.6) is 0 Å². The Kier molecular flexibility index (Phi) is 5.44. The van der Waals surface area contributed by atoms with Crippen LogP contribution in [0.15, 0.2) is 48.5 Å². The van der Waals surface area contributed by atoms with E-state index in [9.17, 15) is 9.90 Å². The zero-order chi connectivity index (χ0) is 18.6. The van der Waals surface area contributed by atoms with E-state index in [0.717, 1.165) is 55.8 Å². The summed E-state index contributed by atoms with van der Waals surface area (Å²) in [7, 11) is 0. The predicted molar refractivity (Wildman–Crippen MR) is 108 cm³/mol. The van der Waals surface area contributed by atoms with Gasteiger partial charge in [0.05, 0.1) is 12.2 Å². The van der Waals surface area contributed by atoms with Crippen LogP contribution in [0, 0.1) is 5.92 Å². The van der Waals surface area contributed by atoms with Crippen molar-refractivity contribution in [1.82, 2.24) is 4.90 Å². The summed E-state index contributed by atoms with van der Waals surface area (Å²) in [6.45, 7) is 3.83. The van der Waals surface area contributed by atoms with Crippen molar-refractivity contribution >= 4 is 11.6 Å². The Balaban J connectivity index is 1.44. The van der Waals surface area contributed by atoms with Crippen LogP contribution in [-0.4, -0.2) is 42.1 Å². The second-order valence-electron chi connectivity index (χ2n) is 7.80. The lowest BCUT2D eigenvalue weighted by Crippen LogP contribution is -2.31. The maximum Gasteiger partial charge on any atom is 0.255 e. The molecule has 2 heterocycles. The highest BCUT2D eigenvalue weighted by molar-refractivity contribution is 6.00. The van der Waals surface area contributed by atoms with Crippen LogP contribution in [0.3, 0.4) is 0 Å². The zero-order valence-corrected chi connectivity index (χ0v) is 15.8. The van der Waals surface area contributed by atoms with Crippen LogP contribution in [0.25, 0.3) is 0 Å². The van der Waals surface area contributed by atoms with E-state index >= 15 is 0 Å². The first-order valence-electron chi connectivity index (χ1n) is 10.1. The topological polar surface area (TPSA) is 43.8 Å². The molecule has 2 aromatic carbocycles. The van der Waals surface area contributed by atoms with Gasteiger partial charge in [0.15, 0.2) is 0 Å². The molecule has 1 N–H and O–H groups in total. The maximum atomic E-state index is 13.2. The number of carbonyl (C=O) groups is 1. The Labute approximate surface area is 161 Å².